The number of halogens is 3. The van der Waals surface area contributed by atoms with Crippen LogP contribution in [0.5, 0.6) is 5.75 Å². The zero-order valence-corrected chi connectivity index (χ0v) is 23.6. The minimum absolute atomic E-state index is 0.0889. The van der Waals surface area contributed by atoms with E-state index in [2.05, 4.69) is 4.90 Å². The van der Waals surface area contributed by atoms with Gasteiger partial charge < -0.3 is 14.5 Å². The summed E-state index contributed by atoms with van der Waals surface area (Å²) in [6, 6.07) is 13.4. The molecule has 200 valence electrons. The van der Waals surface area contributed by atoms with Crippen LogP contribution in [0.1, 0.15) is 37.7 Å². The summed E-state index contributed by atoms with van der Waals surface area (Å²) in [7, 11) is 1.86. The molecule has 2 fully saturated rings. The van der Waals surface area contributed by atoms with Crippen molar-refractivity contribution in [3.05, 3.63) is 63.1 Å². The number of amides is 2. The minimum atomic E-state index is 0.0889. The molecule has 0 unspecified atom stereocenters. The second kappa shape index (κ2) is 12.7. The molecule has 0 saturated carbocycles. The van der Waals surface area contributed by atoms with E-state index in [4.69, 9.17) is 39.5 Å². The molecule has 2 aliphatic rings. The van der Waals surface area contributed by atoms with Crippen LogP contribution in [0.4, 0.5) is 0 Å². The van der Waals surface area contributed by atoms with Crippen LogP contribution in [0.2, 0.25) is 15.1 Å². The molecule has 2 saturated heterocycles. The predicted molar refractivity (Wildman–Crippen MR) is 149 cm³/mol. The van der Waals surface area contributed by atoms with Gasteiger partial charge in [0.05, 0.1) is 23.2 Å². The van der Waals surface area contributed by atoms with Gasteiger partial charge in [0.25, 0.3) is 0 Å². The summed E-state index contributed by atoms with van der Waals surface area (Å²) in [6.07, 6.45) is 2.58. The van der Waals surface area contributed by atoms with Crippen molar-refractivity contribution in [2.45, 2.75) is 38.1 Å². The van der Waals surface area contributed by atoms with Crippen molar-refractivity contribution in [3.8, 4) is 5.75 Å². The van der Waals surface area contributed by atoms with Crippen LogP contribution < -0.4 is 4.74 Å². The Hall–Kier alpha value is -1.99. The molecule has 37 heavy (non-hydrogen) atoms. The molecule has 4 rings (SSSR count). The van der Waals surface area contributed by atoms with Crippen molar-refractivity contribution >= 4 is 46.6 Å². The summed E-state index contributed by atoms with van der Waals surface area (Å²) >= 11 is 18.5. The van der Waals surface area contributed by atoms with Crippen LogP contribution in [0.3, 0.4) is 0 Å². The zero-order chi connectivity index (χ0) is 26.5. The van der Waals surface area contributed by atoms with Gasteiger partial charge in [-0.25, -0.2) is 0 Å². The maximum atomic E-state index is 13.3. The van der Waals surface area contributed by atoms with Gasteiger partial charge in [-0.15, -0.1) is 0 Å². The van der Waals surface area contributed by atoms with Crippen LogP contribution >= 0.6 is 34.8 Å². The lowest BCUT2D eigenvalue weighted by Crippen LogP contribution is -2.48. The van der Waals surface area contributed by atoms with E-state index in [1.54, 1.807) is 6.92 Å². The van der Waals surface area contributed by atoms with Gasteiger partial charge in [-0.1, -0.05) is 40.9 Å². The number of nitrogens with zero attached hydrogens (tertiary/aromatic N) is 3. The average Bonchev–Trinajstić information content (AvgIpc) is 3.31. The first-order valence-electron chi connectivity index (χ1n) is 12.8. The van der Waals surface area contributed by atoms with Gasteiger partial charge in [0.2, 0.25) is 11.8 Å². The molecule has 2 aliphatic heterocycles. The Morgan fingerprint density at radius 3 is 2.35 bits per heavy atom. The lowest BCUT2D eigenvalue weighted by Gasteiger charge is -2.36. The number of carbonyl (C=O) groups is 2. The first-order chi connectivity index (χ1) is 17.7. The number of benzene rings is 2. The fourth-order valence-corrected chi connectivity index (χ4v) is 5.79. The van der Waals surface area contributed by atoms with E-state index in [9.17, 15) is 9.59 Å². The van der Waals surface area contributed by atoms with E-state index in [-0.39, 0.29) is 29.7 Å². The first kappa shape index (κ1) is 28.0. The predicted octanol–water partition coefficient (Wildman–Crippen LogP) is 5.60. The van der Waals surface area contributed by atoms with Gasteiger partial charge >= 0.3 is 0 Å². The molecule has 2 aromatic carbocycles. The van der Waals surface area contributed by atoms with Gasteiger partial charge in [-0.05, 0) is 67.1 Å². The smallest absolute Gasteiger partial charge is 0.236 e. The van der Waals surface area contributed by atoms with Gasteiger partial charge in [-0.3, -0.25) is 14.5 Å². The summed E-state index contributed by atoms with van der Waals surface area (Å²) in [5, 5.41) is 1.73. The Kier molecular flexibility index (Phi) is 9.62. The Morgan fingerprint density at radius 1 is 1.00 bits per heavy atom. The van der Waals surface area contributed by atoms with Crippen LogP contribution in [-0.2, 0) is 9.59 Å². The molecule has 0 aliphatic carbocycles. The molecular formula is C28H34Cl3N3O3. The Labute approximate surface area is 234 Å². The van der Waals surface area contributed by atoms with Crippen LogP contribution in [0, 0.1) is 5.92 Å². The third-order valence-corrected chi connectivity index (χ3v) is 8.69. The Morgan fingerprint density at radius 2 is 1.70 bits per heavy atom. The number of ether oxygens (including phenoxy) is 1. The molecular weight excluding hydrogens is 533 g/mol. The summed E-state index contributed by atoms with van der Waals surface area (Å²) in [5.74, 6) is 1.40. The third kappa shape index (κ3) is 7.32. The lowest BCUT2D eigenvalue weighted by atomic mass is 9.87. The molecule has 0 N–H and O–H groups in total. The summed E-state index contributed by atoms with van der Waals surface area (Å²) in [6.45, 7) is 5.50. The zero-order valence-electron chi connectivity index (χ0n) is 21.3. The second-order valence-corrected chi connectivity index (χ2v) is 11.3. The normalized spacial score (nSPS) is 20.7. The highest BCUT2D eigenvalue weighted by atomic mass is 35.5. The van der Waals surface area contributed by atoms with E-state index in [1.807, 2.05) is 59.3 Å². The van der Waals surface area contributed by atoms with Crippen LogP contribution in [0.25, 0.3) is 0 Å². The van der Waals surface area contributed by atoms with E-state index in [1.165, 1.54) is 0 Å². The minimum Gasteiger partial charge on any atom is -0.494 e. The molecule has 0 spiro atoms. The summed E-state index contributed by atoms with van der Waals surface area (Å²) < 4.78 is 5.97. The van der Waals surface area contributed by atoms with Crippen LogP contribution in [-0.4, -0.2) is 78.9 Å². The fourth-order valence-electron chi connectivity index (χ4n) is 5.36. The quantitative estimate of drug-likeness (QED) is 0.417. The largest absolute Gasteiger partial charge is 0.494 e. The monoisotopic (exact) mass is 565 g/mol. The standard InChI is InChI=1S/C28H34Cl3N3O3/c1-19(35)32(2)23-9-12-33(13-10-23)18-28(36)34-16-21(11-14-37-24-6-4-22(29)5-7-24)25(17-34)20-3-8-26(30)27(31)15-20/h3-8,15,21,23,25H,9-14,16-18H2,1-2H3/t21-,25-/m1/s1. The first-order valence-corrected chi connectivity index (χ1v) is 13.9. The van der Waals surface area contributed by atoms with E-state index >= 15 is 0 Å². The Balaban J connectivity index is 1.37. The molecule has 2 aromatic rings. The topological polar surface area (TPSA) is 53.1 Å². The molecule has 0 bridgehead atoms. The van der Waals surface area contributed by atoms with Crippen molar-refractivity contribution in [2.75, 3.05) is 46.4 Å². The molecule has 0 aromatic heterocycles. The SMILES string of the molecule is CC(=O)N(C)C1CCN(CC(=O)N2C[C@@H](CCOc3ccc(Cl)cc3)[C@@H](c3ccc(Cl)c(Cl)c3)C2)CC1. The lowest BCUT2D eigenvalue weighted by molar-refractivity contribution is -0.134. The van der Waals surface area contributed by atoms with Gasteiger partial charge in [0.1, 0.15) is 5.75 Å². The molecule has 2 atom stereocenters. The highest BCUT2D eigenvalue weighted by Crippen LogP contribution is 2.37. The molecule has 9 heteroatoms. The van der Waals surface area contributed by atoms with E-state index < -0.39 is 0 Å². The van der Waals surface area contributed by atoms with E-state index in [0.29, 0.717) is 41.3 Å². The van der Waals surface area contributed by atoms with E-state index in [0.717, 1.165) is 43.7 Å². The second-order valence-electron chi connectivity index (χ2n) is 10.1. The van der Waals surface area contributed by atoms with Crippen molar-refractivity contribution in [1.29, 1.82) is 0 Å². The maximum Gasteiger partial charge on any atom is 0.236 e. The van der Waals surface area contributed by atoms with Gasteiger partial charge in [-0.2, -0.15) is 0 Å². The third-order valence-electron chi connectivity index (χ3n) is 7.70. The number of piperidine rings is 1. The molecule has 2 amide bonds. The van der Waals surface area contributed by atoms with Crippen LogP contribution in [0.15, 0.2) is 42.5 Å². The number of likely N-dealkylation sites (tertiary alicyclic amines) is 2. The fraction of sp³-hybridized carbons (Fsp3) is 0.500. The van der Waals surface area contributed by atoms with Crippen molar-refractivity contribution in [2.24, 2.45) is 5.92 Å². The van der Waals surface area contributed by atoms with Gasteiger partial charge in [0, 0.05) is 57.1 Å². The highest BCUT2D eigenvalue weighted by molar-refractivity contribution is 6.42. The Bertz CT molecular complexity index is 1090. The highest BCUT2D eigenvalue weighted by Gasteiger charge is 2.37. The molecule has 2 heterocycles. The summed E-state index contributed by atoms with van der Waals surface area (Å²) in [4.78, 5) is 31.0. The molecule has 6 nitrogen and oxygen atoms in total. The number of hydrogen-bond donors (Lipinski definition) is 0. The van der Waals surface area contributed by atoms with Gasteiger partial charge in [0.15, 0.2) is 0 Å². The van der Waals surface area contributed by atoms with Crippen molar-refractivity contribution in [3.63, 3.8) is 0 Å². The summed E-state index contributed by atoms with van der Waals surface area (Å²) in [5.41, 5.74) is 1.09. The maximum absolute atomic E-state index is 13.3. The number of carbonyl (C=O) groups excluding carboxylic acids is 2. The van der Waals surface area contributed by atoms with Crippen molar-refractivity contribution < 1.29 is 14.3 Å². The number of hydrogen-bond acceptors (Lipinski definition) is 4. The number of rotatable bonds is 8. The van der Waals surface area contributed by atoms with Crippen molar-refractivity contribution in [1.82, 2.24) is 14.7 Å². The average molecular weight is 567 g/mol. The molecule has 0 radical (unpaired) electrons.